The third kappa shape index (κ3) is 3.11. The number of carbonyl (C=O) groups excluding carboxylic acids is 1. The van der Waals surface area contributed by atoms with E-state index < -0.39 is 16.8 Å². The maximum atomic E-state index is 12.0. The van der Waals surface area contributed by atoms with Crippen LogP contribution in [0.3, 0.4) is 0 Å². The zero-order chi connectivity index (χ0) is 14.7. The fourth-order valence-corrected chi connectivity index (χ4v) is 2.21. The molecule has 20 heavy (non-hydrogen) atoms. The Morgan fingerprint density at radius 1 is 1.35 bits per heavy atom. The van der Waals surface area contributed by atoms with Crippen LogP contribution in [0.25, 0.3) is 0 Å². The number of amides is 1. The minimum Gasteiger partial charge on any atom is -0.481 e. The smallest absolute Gasteiger partial charge is 0.308 e. The lowest BCUT2D eigenvalue weighted by Crippen LogP contribution is -2.31. The number of nitrogens with zero attached hydrogens (tertiary/aromatic N) is 2. The van der Waals surface area contributed by atoms with Gasteiger partial charge in [-0.3, -0.25) is 19.7 Å². The lowest BCUT2D eigenvalue weighted by Gasteiger charge is -2.15. The number of benzene rings is 1. The second-order valence-corrected chi connectivity index (χ2v) is 4.76. The third-order valence-corrected chi connectivity index (χ3v) is 3.39. The number of non-ortho nitro benzene ring substituents is 1. The van der Waals surface area contributed by atoms with Gasteiger partial charge in [-0.15, -0.1) is 0 Å². The highest BCUT2D eigenvalue weighted by atomic mass is 16.6. The molecule has 1 N–H and O–H groups in total. The van der Waals surface area contributed by atoms with Crippen LogP contribution in [0.5, 0.6) is 0 Å². The van der Waals surface area contributed by atoms with Gasteiger partial charge in [0.25, 0.3) is 5.69 Å². The predicted molar refractivity (Wildman–Crippen MR) is 69.1 cm³/mol. The number of hydrogen-bond donors (Lipinski definition) is 1. The van der Waals surface area contributed by atoms with E-state index in [0.717, 1.165) is 0 Å². The van der Waals surface area contributed by atoms with E-state index in [0.29, 0.717) is 18.5 Å². The Morgan fingerprint density at radius 3 is 2.50 bits per heavy atom. The predicted octanol–water partition coefficient (Wildman–Crippen LogP) is 1.07. The molecule has 106 valence electrons. The summed E-state index contributed by atoms with van der Waals surface area (Å²) in [6.07, 6.45) is 0.603. The van der Waals surface area contributed by atoms with Gasteiger partial charge in [0.1, 0.15) is 0 Å². The van der Waals surface area contributed by atoms with Crippen molar-refractivity contribution >= 4 is 17.6 Å². The van der Waals surface area contributed by atoms with E-state index in [9.17, 15) is 19.7 Å². The highest BCUT2D eigenvalue weighted by Crippen LogP contribution is 2.18. The Morgan fingerprint density at radius 2 is 2.00 bits per heavy atom. The summed E-state index contributed by atoms with van der Waals surface area (Å²) in [7, 11) is 0. The average Bonchev–Trinajstić information content (AvgIpc) is 2.89. The minimum atomic E-state index is -0.879. The molecule has 1 aromatic rings. The zero-order valence-electron chi connectivity index (χ0n) is 10.7. The summed E-state index contributed by atoms with van der Waals surface area (Å²) < 4.78 is 0. The van der Waals surface area contributed by atoms with Crippen molar-refractivity contribution in [1.82, 2.24) is 4.90 Å². The number of nitro groups is 1. The van der Waals surface area contributed by atoms with Gasteiger partial charge in [0, 0.05) is 25.2 Å². The molecule has 1 aliphatic rings. The van der Waals surface area contributed by atoms with Crippen LogP contribution in [0.4, 0.5) is 5.69 Å². The van der Waals surface area contributed by atoms with E-state index in [1.165, 1.54) is 17.0 Å². The van der Waals surface area contributed by atoms with Crippen molar-refractivity contribution in [1.29, 1.82) is 0 Å². The molecule has 1 atom stereocenters. The first-order chi connectivity index (χ1) is 9.47. The van der Waals surface area contributed by atoms with Crippen LogP contribution in [0.2, 0.25) is 0 Å². The van der Waals surface area contributed by atoms with Crippen molar-refractivity contribution in [2.24, 2.45) is 5.92 Å². The summed E-state index contributed by atoms with van der Waals surface area (Å²) in [5.74, 6) is -1.52. The summed E-state index contributed by atoms with van der Waals surface area (Å²) in [5, 5.41) is 19.4. The topological polar surface area (TPSA) is 101 Å². The average molecular weight is 278 g/mol. The van der Waals surface area contributed by atoms with Crippen LogP contribution in [-0.2, 0) is 16.0 Å². The summed E-state index contributed by atoms with van der Waals surface area (Å²) in [6, 6.07) is 5.79. The molecule has 1 aromatic carbocycles. The molecular weight excluding hydrogens is 264 g/mol. The summed E-state index contributed by atoms with van der Waals surface area (Å²) in [4.78, 5) is 34.4. The van der Waals surface area contributed by atoms with Crippen LogP contribution in [0.1, 0.15) is 12.0 Å². The lowest BCUT2D eigenvalue weighted by atomic mass is 10.1. The Balaban J connectivity index is 1.95. The Labute approximate surface area is 115 Å². The molecule has 0 saturated carbocycles. The molecule has 1 amide bonds. The molecule has 0 radical (unpaired) electrons. The normalized spacial score (nSPS) is 18.0. The maximum absolute atomic E-state index is 12.0. The van der Waals surface area contributed by atoms with E-state index in [2.05, 4.69) is 0 Å². The second-order valence-electron chi connectivity index (χ2n) is 4.76. The molecule has 1 aliphatic heterocycles. The number of nitro benzene ring substituents is 1. The standard InChI is InChI=1S/C13H14N2O5/c16-12(14-6-5-10(8-14)13(17)18)7-9-1-3-11(4-2-9)15(19)20/h1-4,10H,5-8H2,(H,17,18). The van der Waals surface area contributed by atoms with Gasteiger partial charge in [0.15, 0.2) is 0 Å². The van der Waals surface area contributed by atoms with Gasteiger partial charge in [-0.25, -0.2) is 0 Å². The van der Waals surface area contributed by atoms with Crippen molar-refractivity contribution in [2.45, 2.75) is 12.8 Å². The summed E-state index contributed by atoms with van der Waals surface area (Å²) >= 11 is 0. The van der Waals surface area contributed by atoms with E-state index in [1.54, 1.807) is 12.1 Å². The molecule has 0 aliphatic carbocycles. The van der Waals surface area contributed by atoms with Crippen molar-refractivity contribution in [2.75, 3.05) is 13.1 Å². The van der Waals surface area contributed by atoms with Crippen LogP contribution in [0, 0.1) is 16.0 Å². The fourth-order valence-electron chi connectivity index (χ4n) is 2.21. The molecule has 1 fully saturated rings. The van der Waals surface area contributed by atoms with Crippen molar-refractivity contribution < 1.29 is 19.6 Å². The lowest BCUT2D eigenvalue weighted by molar-refractivity contribution is -0.384. The molecule has 0 bridgehead atoms. The molecule has 7 nitrogen and oxygen atoms in total. The molecule has 0 aromatic heterocycles. The van der Waals surface area contributed by atoms with Crippen molar-refractivity contribution in [3.63, 3.8) is 0 Å². The molecule has 1 saturated heterocycles. The first-order valence-electron chi connectivity index (χ1n) is 6.21. The van der Waals surface area contributed by atoms with Gasteiger partial charge < -0.3 is 10.0 Å². The Hall–Kier alpha value is -2.44. The third-order valence-electron chi connectivity index (χ3n) is 3.39. The van der Waals surface area contributed by atoms with Crippen LogP contribution >= 0.6 is 0 Å². The van der Waals surface area contributed by atoms with Gasteiger partial charge in [0.2, 0.25) is 5.91 Å². The van der Waals surface area contributed by atoms with E-state index >= 15 is 0 Å². The number of likely N-dealkylation sites (tertiary alicyclic amines) is 1. The number of carboxylic acid groups (broad SMARTS) is 1. The van der Waals surface area contributed by atoms with E-state index in [4.69, 9.17) is 5.11 Å². The highest BCUT2D eigenvalue weighted by molar-refractivity contribution is 5.80. The number of carbonyl (C=O) groups is 2. The number of aliphatic carboxylic acids is 1. The van der Waals surface area contributed by atoms with Crippen LogP contribution < -0.4 is 0 Å². The van der Waals surface area contributed by atoms with Gasteiger partial charge in [0.05, 0.1) is 17.3 Å². The second kappa shape index (κ2) is 5.68. The number of hydrogen-bond acceptors (Lipinski definition) is 4. The molecule has 1 unspecified atom stereocenters. The number of carboxylic acids is 1. The quantitative estimate of drug-likeness (QED) is 0.655. The molecule has 2 rings (SSSR count). The van der Waals surface area contributed by atoms with Gasteiger partial charge in [-0.2, -0.15) is 0 Å². The fraction of sp³-hybridized carbons (Fsp3) is 0.385. The van der Waals surface area contributed by atoms with Crippen LogP contribution in [-0.4, -0.2) is 39.9 Å². The van der Waals surface area contributed by atoms with Gasteiger partial charge in [-0.1, -0.05) is 12.1 Å². The highest BCUT2D eigenvalue weighted by Gasteiger charge is 2.30. The summed E-state index contributed by atoms with van der Waals surface area (Å²) in [5.41, 5.74) is 0.660. The molecule has 1 heterocycles. The Kier molecular flexibility index (Phi) is 3.97. The number of rotatable bonds is 4. The first kappa shape index (κ1) is 14.0. The van der Waals surface area contributed by atoms with E-state index in [1.807, 2.05) is 0 Å². The van der Waals surface area contributed by atoms with Gasteiger partial charge in [-0.05, 0) is 12.0 Å². The molecule has 7 heteroatoms. The van der Waals surface area contributed by atoms with Gasteiger partial charge >= 0.3 is 5.97 Å². The summed E-state index contributed by atoms with van der Waals surface area (Å²) in [6.45, 7) is 0.684. The minimum absolute atomic E-state index is 0.0201. The monoisotopic (exact) mass is 278 g/mol. The molecular formula is C13H14N2O5. The van der Waals surface area contributed by atoms with Crippen molar-refractivity contribution in [3.8, 4) is 0 Å². The molecule has 0 spiro atoms. The van der Waals surface area contributed by atoms with Crippen molar-refractivity contribution in [3.05, 3.63) is 39.9 Å². The SMILES string of the molecule is O=C(O)C1CCN(C(=O)Cc2ccc([N+](=O)[O-])cc2)C1. The first-order valence-corrected chi connectivity index (χ1v) is 6.21. The Bertz CT molecular complexity index is 540. The van der Waals surface area contributed by atoms with Crippen LogP contribution in [0.15, 0.2) is 24.3 Å². The largest absolute Gasteiger partial charge is 0.481 e. The maximum Gasteiger partial charge on any atom is 0.308 e. The zero-order valence-corrected chi connectivity index (χ0v) is 10.7. The van der Waals surface area contributed by atoms with E-state index in [-0.39, 0.29) is 24.6 Å².